The third kappa shape index (κ3) is 1.90. The van der Waals surface area contributed by atoms with Crippen molar-refractivity contribution in [3.63, 3.8) is 0 Å². The molecule has 0 aliphatic carbocycles. The lowest BCUT2D eigenvalue weighted by Crippen LogP contribution is -2.21. The molecule has 0 spiro atoms. The number of carbonyl (C=O) groups is 2. The molecule has 1 atom stereocenters. The van der Waals surface area contributed by atoms with Crippen molar-refractivity contribution in [3.05, 3.63) is 23.8 Å². The van der Waals surface area contributed by atoms with Crippen LogP contribution in [0.25, 0.3) is 0 Å². The summed E-state index contributed by atoms with van der Waals surface area (Å²) in [6, 6.07) is 4.83. The fourth-order valence-corrected chi connectivity index (χ4v) is 2.69. The van der Waals surface area contributed by atoms with Crippen molar-refractivity contribution < 1.29 is 14.7 Å². The molecule has 2 rings (SSSR count). The monoisotopic (exact) mass is 237 g/mol. The maximum atomic E-state index is 11.5. The molecule has 0 aromatic heterocycles. The van der Waals surface area contributed by atoms with Gasteiger partial charge >= 0.3 is 5.97 Å². The van der Waals surface area contributed by atoms with Gasteiger partial charge in [0.05, 0.1) is 5.56 Å². The van der Waals surface area contributed by atoms with Gasteiger partial charge in [0.25, 0.3) is 0 Å². The lowest BCUT2D eigenvalue weighted by Gasteiger charge is -2.06. The molecule has 0 amide bonds. The van der Waals surface area contributed by atoms with Crippen LogP contribution in [-0.2, 0) is 4.79 Å². The van der Waals surface area contributed by atoms with Crippen LogP contribution in [0.4, 0.5) is 5.69 Å². The van der Waals surface area contributed by atoms with E-state index < -0.39 is 5.97 Å². The zero-order chi connectivity index (χ0) is 11.7. The van der Waals surface area contributed by atoms with Crippen LogP contribution < -0.4 is 5.32 Å². The maximum absolute atomic E-state index is 11.5. The molecule has 0 saturated heterocycles. The second-order valence-corrected chi connectivity index (χ2v) is 4.63. The number of carbonyl (C=O) groups excluding carboxylic acids is 1. The van der Waals surface area contributed by atoms with Gasteiger partial charge in [-0.2, -0.15) is 0 Å². The molecule has 1 aliphatic rings. The quantitative estimate of drug-likeness (QED) is 0.843. The topological polar surface area (TPSA) is 66.4 Å². The molecule has 0 radical (unpaired) electrons. The molecule has 84 valence electrons. The van der Waals surface area contributed by atoms with Crippen LogP contribution in [0.15, 0.2) is 23.1 Å². The molecule has 1 aromatic rings. The van der Waals surface area contributed by atoms with Crippen LogP contribution in [-0.4, -0.2) is 22.2 Å². The maximum Gasteiger partial charge on any atom is 0.335 e. The third-order valence-electron chi connectivity index (χ3n) is 2.40. The fourth-order valence-electron chi connectivity index (χ4n) is 1.50. The molecular weight excluding hydrogens is 226 g/mol. The number of thioether (sulfide) groups is 1. The highest BCUT2D eigenvalue weighted by molar-refractivity contribution is 8.01. The standard InChI is InChI=1S/C11H11NO3S/c1-2-8(13)10-12-7-4-3-6(11(14)15)5-9(7)16-10/h3-5,10,12H,2H2,1H3,(H,14,15). The number of hydrogen-bond acceptors (Lipinski definition) is 4. The Hall–Kier alpha value is -1.49. The number of ketones is 1. The summed E-state index contributed by atoms with van der Waals surface area (Å²) >= 11 is 1.38. The van der Waals surface area contributed by atoms with Crippen LogP contribution >= 0.6 is 11.8 Å². The molecule has 2 N–H and O–H groups in total. The van der Waals surface area contributed by atoms with Crippen molar-refractivity contribution in [2.45, 2.75) is 23.6 Å². The van der Waals surface area contributed by atoms with Crippen LogP contribution in [0.3, 0.4) is 0 Å². The summed E-state index contributed by atoms with van der Waals surface area (Å²) in [6.45, 7) is 1.82. The smallest absolute Gasteiger partial charge is 0.335 e. The second kappa shape index (κ2) is 4.17. The number of carboxylic acid groups (broad SMARTS) is 1. The molecule has 1 aromatic carbocycles. The summed E-state index contributed by atoms with van der Waals surface area (Å²) < 4.78 is 0. The number of nitrogens with one attached hydrogen (secondary N) is 1. The molecule has 1 unspecified atom stereocenters. The van der Waals surface area contributed by atoms with Crippen molar-refractivity contribution >= 4 is 29.2 Å². The van der Waals surface area contributed by atoms with E-state index in [-0.39, 0.29) is 16.7 Å². The van der Waals surface area contributed by atoms with Crippen LogP contribution in [0.1, 0.15) is 23.7 Å². The third-order valence-corrected chi connectivity index (χ3v) is 3.61. The average molecular weight is 237 g/mol. The highest BCUT2D eigenvalue weighted by Gasteiger charge is 2.26. The van der Waals surface area contributed by atoms with Gasteiger partial charge in [0.15, 0.2) is 5.78 Å². The van der Waals surface area contributed by atoms with E-state index in [1.54, 1.807) is 12.1 Å². The first-order valence-corrected chi connectivity index (χ1v) is 5.83. The van der Waals surface area contributed by atoms with E-state index in [4.69, 9.17) is 5.11 Å². The van der Waals surface area contributed by atoms with Gasteiger partial charge in [0.2, 0.25) is 0 Å². The highest BCUT2D eigenvalue weighted by Crippen LogP contribution is 2.39. The number of benzene rings is 1. The molecule has 1 aliphatic heterocycles. The number of fused-ring (bicyclic) bond motifs is 1. The van der Waals surface area contributed by atoms with Crippen LogP contribution in [0.2, 0.25) is 0 Å². The molecular formula is C11H11NO3S. The number of hydrogen-bond donors (Lipinski definition) is 2. The van der Waals surface area contributed by atoms with E-state index in [1.807, 2.05) is 6.92 Å². The van der Waals surface area contributed by atoms with Crippen molar-refractivity contribution in [2.75, 3.05) is 5.32 Å². The van der Waals surface area contributed by atoms with E-state index in [0.717, 1.165) is 10.6 Å². The number of Topliss-reactive ketones (excluding diaryl/α,β-unsaturated/α-hetero) is 1. The molecule has 5 heteroatoms. The minimum absolute atomic E-state index is 0.123. The zero-order valence-corrected chi connectivity index (χ0v) is 9.50. The summed E-state index contributed by atoms with van der Waals surface area (Å²) in [5, 5.41) is 11.6. The Balaban J connectivity index is 2.24. The predicted molar refractivity (Wildman–Crippen MR) is 62.0 cm³/mol. The molecule has 1 heterocycles. The Morgan fingerprint density at radius 2 is 2.25 bits per heavy atom. The summed E-state index contributed by atoms with van der Waals surface area (Å²) in [6.07, 6.45) is 0.477. The largest absolute Gasteiger partial charge is 0.478 e. The predicted octanol–water partition coefficient (Wildman–Crippen LogP) is 2.21. The van der Waals surface area contributed by atoms with Crippen LogP contribution in [0, 0.1) is 0 Å². The Bertz CT molecular complexity index is 459. The van der Waals surface area contributed by atoms with Gasteiger partial charge in [-0.05, 0) is 18.2 Å². The first kappa shape index (κ1) is 11.0. The van der Waals surface area contributed by atoms with Crippen molar-refractivity contribution in [1.82, 2.24) is 0 Å². The van der Waals surface area contributed by atoms with Crippen molar-refractivity contribution in [3.8, 4) is 0 Å². The number of aromatic carboxylic acids is 1. The van der Waals surface area contributed by atoms with Crippen molar-refractivity contribution in [1.29, 1.82) is 0 Å². The van der Waals surface area contributed by atoms with Gasteiger partial charge < -0.3 is 10.4 Å². The second-order valence-electron chi connectivity index (χ2n) is 3.48. The Labute approximate surface area is 97.0 Å². The van der Waals surface area contributed by atoms with E-state index in [0.29, 0.717) is 6.42 Å². The van der Waals surface area contributed by atoms with Gasteiger partial charge in [-0.25, -0.2) is 4.79 Å². The van der Waals surface area contributed by atoms with E-state index in [9.17, 15) is 9.59 Å². The molecule has 0 saturated carbocycles. The normalized spacial score (nSPS) is 17.7. The fraction of sp³-hybridized carbons (Fsp3) is 0.273. The minimum Gasteiger partial charge on any atom is -0.478 e. The lowest BCUT2D eigenvalue weighted by atomic mass is 10.2. The Morgan fingerprint density at radius 1 is 1.50 bits per heavy atom. The summed E-state index contributed by atoms with van der Waals surface area (Å²) in [5.41, 5.74) is 1.08. The summed E-state index contributed by atoms with van der Waals surface area (Å²) in [7, 11) is 0. The van der Waals surface area contributed by atoms with Gasteiger partial charge in [-0.15, -0.1) is 0 Å². The minimum atomic E-state index is -0.950. The van der Waals surface area contributed by atoms with Gasteiger partial charge in [-0.3, -0.25) is 4.79 Å². The molecule has 16 heavy (non-hydrogen) atoms. The van der Waals surface area contributed by atoms with Gasteiger partial charge in [-0.1, -0.05) is 18.7 Å². The lowest BCUT2D eigenvalue weighted by molar-refractivity contribution is -0.117. The van der Waals surface area contributed by atoms with Crippen LogP contribution in [0.5, 0.6) is 0 Å². The van der Waals surface area contributed by atoms with Crippen molar-refractivity contribution in [2.24, 2.45) is 0 Å². The molecule has 4 nitrogen and oxygen atoms in total. The first-order valence-electron chi connectivity index (χ1n) is 4.95. The SMILES string of the molecule is CCC(=O)C1Nc2ccc(C(=O)O)cc2S1. The number of carboxylic acids is 1. The van der Waals surface area contributed by atoms with Gasteiger partial charge in [0, 0.05) is 17.0 Å². The molecule has 0 fully saturated rings. The zero-order valence-electron chi connectivity index (χ0n) is 8.69. The van der Waals surface area contributed by atoms with E-state index >= 15 is 0 Å². The summed E-state index contributed by atoms with van der Waals surface area (Å²) in [4.78, 5) is 23.1. The Morgan fingerprint density at radius 3 is 2.88 bits per heavy atom. The molecule has 0 bridgehead atoms. The highest BCUT2D eigenvalue weighted by atomic mass is 32.2. The van der Waals surface area contributed by atoms with E-state index in [2.05, 4.69) is 5.32 Å². The van der Waals surface area contributed by atoms with E-state index in [1.165, 1.54) is 17.8 Å². The average Bonchev–Trinajstić information content (AvgIpc) is 2.70. The summed E-state index contributed by atoms with van der Waals surface area (Å²) in [5.74, 6) is -0.827. The number of anilines is 1. The van der Waals surface area contributed by atoms with Gasteiger partial charge in [0.1, 0.15) is 5.37 Å². The number of rotatable bonds is 3. The first-order chi connectivity index (χ1) is 7.61. The Kier molecular flexibility index (Phi) is 2.87.